The molecule has 0 atom stereocenters. The van der Waals surface area contributed by atoms with Crippen LogP contribution >= 0.6 is 11.6 Å². The Morgan fingerprint density at radius 2 is 1.81 bits per heavy atom. The molecule has 8 heteroatoms. The van der Waals surface area contributed by atoms with E-state index in [1.165, 1.54) is 6.07 Å². The summed E-state index contributed by atoms with van der Waals surface area (Å²) in [4.78, 5) is 12.4. The number of carbonyl (C=O) groups is 1. The van der Waals surface area contributed by atoms with E-state index < -0.39 is 15.9 Å². The van der Waals surface area contributed by atoms with E-state index in [-0.39, 0.29) is 23.3 Å². The van der Waals surface area contributed by atoms with E-state index in [2.05, 4.69) is 10.0 Å². The van der Waals surface area contributed by atoms with Crippen molar-refractivity contribution in [2.75, 3.05) is 11.0 Å². The fourth-order valence-corrected chi connectivity index (χ4v) is 3.23. The van der Waals surface area contributed by atoms with Crippen molar-refractivity contribution in [1.82, 2.24) is 5.32 Å². The van der Waals surface area contributed by atoms with Gasteiger partial charge >= 0.3 is 0 Å². The Bertz CT molecular complexity index is 966. The maximum atomic E-state index is 12.4. The SMILES string of the molecule is CC(C)(C)c1ccc(C(=O)NCc2ccc(NS(C)(=O)=O)cc2Cl)c(O)c1. The average molecular weight is 411 g/mol. The largest absolute Gasteiger partial charge is 0.507 e. The molecule has 0 unspecified atom stereocenters. The zero-order valence-corrected chi connectivity index (χ0v) is 17.2. The van der Waals surface area contributed by atoms with Gasteiger partial charge in [-0.25, -0.2) is 8.42 Å². The van der Waals surface area contributed by atoms with Gasteiger partial charge in [-0.2, -0.15) is 0 Å². The molecule has 2 aromatic carbocycles. The first kappa shape index (κ1) is 21.1. The molecule has 146 valence electrons. The number of amides is 1. The molecule has 27 heavy (non-hydrogen) atoms. The number of anilines is 1. The number of sulfonamides is 1. The Morgan fingerprint density at radius 1 is 1.15 bits per heavy atom. The van der Waals surface area contributed by atoms with Gasteiger partial charge in [-0.05, 0) is 40.8 Å². The molecule has 0 heterocycles. The number of phenolic OH excluding ortho intramolecular Hbond substituents is 1. The first-order valence-corrected chi connectivity index (χ1v) is 10.5. The Balaban J connectivity index is 2.10. The van der Waals surface area contributed by atoms with Gasteiger partial charge in [0.1, 0.15) is 5.75 Å². The second-order valence-corrected chi connectivity index (χ2v) is 9.50. The van der Waals surface area contributed by atoms with Crippen LogP contribution in [0.2, 0.25) is 5.02 Å². The minimum atomic E-state index is -3.39. The van der Waals surface area contributed by atoms with Gasteiger partial charge < -0.3 is 10.4 Å². The van der Waals surface area contributed by atoms with Crippen molar-refractivity contribution in [3.8, 4) is 5.75 Å². The summed E-state index contributed by atoms with van der Waals surface area (Å²) in [5.74, 6) is -0.513. The van der Waals surface area contributed by atoms with Gasteiger partial charge in [-0.1, -0.05) is 44.5 Å². The molecular formula is C19H23ClN2O4S. The zero-order valence-electron chi connectivity index (χ0n) is 15.6. The Labute approximate surface area is 164 Å². The third-order valence-corrected chi connectivity index (χ3v) is 4.86. The highest BCUT2D eigenvalue weighted by molar-refractivity contribution is 7.92. The summed E-state index contributed by atoms with van der Waals surface area (Å²) < 4.78 is 24.8. The van der Waals surface area contributed by atoms with Crippen molar-refractivity contribution in [3.05, 3.63) is 58.1 Å². The van der Waals surface area contributed by atoms with Gasteiger partial charge in [0, 0.05) is 17.3 Å². The minimum absolute atomic E-state index is 0.0845. The Hall–Kier alpha value is -2.25. The molecule has 0 aliphatic heterocycles. The van der Waals surface area contributed by atoms with Crippen molar-refractivity contribution in [2.24, 2.45) is 0 Å². The fraction of sp³-hybridized carbons (Fsp3) is 0.316. The van der Waals surface area contributed by atoms with E-state index in [9.17, 15) is 18.3 Å². The molecule has 0 aliphatic rings. The zero-order chi connectivity index (χ0) is 20.4. The summed E-state index contributed by atoms with van der Waals surface area (Å²) in [7, 11) is -3.39. The maximum absolute atomic E-state index is 12.4. The lowest BCUT2D eigenvalue weighted by Gasteiger charge is -2.19. The van der Waals surface area contributed by atoms with Crippen LogP contribution in [0.3, 0.4) is 0 Å². The highest BCUT2D eigenvalue weighted by atomic mass is 35.5. The van der Waals surface area contributed by atoms with Gasteiger partial charge in [0.15, 0.2) is 0 Å². The van der Waals surface area contributed by atoms with Crippen molar-refractivity contribution in [2.45, 2.75) is 32.7 Å². The molecule has 6 nitrogen and oxygen atoms in total. The van der Waals surface area contributed by atoms with E-state index in [1.54, 1.807) is 24.3 Å². The van der Waals surface area contributed by atoms with Gasteiger partial charge in [0.05, 0.1) is 11.8 Å². The molecule has 0 aliphatic carbocycles. The molecule has 0 saturated carbocycles. The van der Waals surface area contributed by atoms with E-state index in [1.807, 2.05) is 26.8 Å². The highest BCUT2D eigenvalue weighted by Gasteiger charge is 2.18. The van der Waals surface area contributed by atoms with Gasteiger partial charge in [0.25, 0.3) is 5.91 Å². The number of aromatic hydroxyl groups is 1. The molecule has 0 bridgehead atoms. The second kappa shape index (κ2) is 7.78. The summed E-state index contributed by atoms with van der Waals surface area (Å²) in [6, 6.07) is 9.65. The van der Waals surface area contributed by atoms with Crippen molar-refractivity contribution in [1.29, 1.82) is 0 Å². The molecule has 0 saturated heterocycles. The van der Waals surface area contributed by atoms with Crippen molar-refractivity contribution in [3.63, 3.8) is 0 Å². The summed E-state index contributed by atoms with van der Waals surface area (Å²) in [5, 5.41) is 13.2. The predicted octanol–water partition coefficient (Wildman–Crippen LogP) is 3.64. The Morgan fingerprint density at radius 3 is 2.33 bits per heavy atom. The topological polar surface area (TPSA) is 95.5 Å². The van der Waals surface area contributed by atoms with Crippen LogP contribution in [-0.4, -0.2) is 25.7 Å². The number of rotatable bonds is 5. The average Bonchev–Trinajstić information content (AvgIpc) is 2.51. The van der Waals surface area contributed by atoms with E-state index >= 15 is 0 Å². The molecule has 0 spiro atoms. The first-order chi connectivity index (χ1) is 12.4. The standard InChI is InChI=1S/C19H23ClN2O4S/c1-19(2,3)13-6-8-15(17(23)9-13)18(24)21-11-12-5-7-14(10-16(12)20)22-27(4,25)26/h5-10,22-23H,11H2,1-4H3,(H,21,24). The maximum Gasteiger partial charge on any atom is 0.255 e. The Kier molecular flexibility index (Phi) is 6.07. The van der Waals surface area contributed by atoms with Crippen molar-refractivity contribution >= 4 is 33.2 Å². The summed E-state index contributed by atoms with van der Waals surface area (Å²) >= 11 is 6.15. The monoisotopic (exact) mass is 410 g/mol. The van der Waals surface area contributed by atoms with Crippen LogP contribution in [0.4, 0.5) is 5.69 Å². The lowest BCUT2D eigenvalue weighted by Crippen LogP contribution is -2.23. The normalized spacial score (nSPS) is 11.9. The number of hydrogen-bond donors (Lipinski definition) is 3. The molecule has 0 aromatic heterocycles. The quantitative estimate of drug-likeness (QED) is 0.701. The molecule has 2 rings (SSSR count). The van der Waals surface area contributed by atoms with E-state index in [4.69, 9.17) is 11.6 Å². The predicted molar refractivity (Wildman–Crippen MR) is 108 cm³/mol. The summed E-state index contributed by atoms with van der Waals surface area (Å²) in [6.45, 7) is 6.20. The smallest absolute Gasteiger partial charge is 0.255 e. The molecule has 1 amide bonds. The highest BCUT2D eigenvalue weighted by Crippen LogP contribution is 2.28. The fourth-order valence-electron chi connectivity index (χ4n) is 2.43. The number of benzene rings is 2. The molecule has 0 fully saturated rings. The number of halogens is 1. The molecule has 0 radical (unpaired) electrons. The number of phenols is 1. The molecule has 3 N–H and O–H groups in total. The number of carbonyl (C=O) groups excluding carboxylic acids is 1. The summed E-state index contributed by atoms with van der Waals surface area (Å²) in [5.41, 5.74) is 1.92. The van der Waals surface area contributed by atoms with E-state index in [0.29, 0.717) is 16.3 Å². The third-order valence-electron chi connectivity index (χ3n) is 3.90. The van der Waals surface area contributed by atoms with Crippen LogP contribution in [0.1, 0.15) is 42.3 Å². The van der Waals surface area contributed by atoms with Gasteiger partial charge in [0.2, 0.25) is 10.0 Å². The lowest BCUT2D eigenvalue weighted by molar-refractivity contribution is 0.0948. The van der Waals surface area contributed by atoms with Gasteiger partial charge in [-0.3, -0.25) is 9.52 Å². The first-order valence-electron chi connectivity index (χ1n) is 8.25. The third kappa shape index (κ3) is 5.87. The van der Waals surface area contributed by atoms with Crippen molar-refractivity contribution < 1.29 is 18.3 Å². The van der Waals surface area contributed by atoms with Crippen LogP contribution < -0.4 is 10.0 Å². The van der Waals surface area contributed by atoms with Crippen LogP contribution in [0.15, 0.2) is 36.4 Å². The van der Waals surface area contributed by atoms with Crippen LogP contribution in [0.25, 0.3) is 0 Å². The summed E-state index contributed by atoms with van der Waals surface area (Å²) in [6.07, 6.45) is 1.05. The second-order valence-electron chi connectivity index (χ2n) is 7.35. The van der Waals surface area contributed by atoms with Gasteiger partial charge in [-0.15, -0.1) is 0 Å². The number of hydrogen-bond acceptors (Lipinski definition) is 4. The van der Waals surface area contributed by atoms with Crippen LogP contribution in [-0.2, 0) is 22.0 Å². The minimum Gasteiger partial charge on any atom is -0.507 e. The lowest BCUT2D eigenvalue weighted by atomic mass is 9.86. The van der Waals surface area contributed by atoms with E-state index in [0.717, 1.165) is 11.8 Å². The molecule has 2 aromatic rings. The van der Waals surface area contributed by atoms with Crippen LogP contribution in [0, 0.1) is 0 Å². The van der Waals surface area contributed by atoms with Crippen LogP contribution in [0.5, 0.6) is 5.75 Å². The molecular weight excluding hydrogens is 388 g/mol. The number of nitrogens with one attached hydrogen (secondary N) is 2.